The van der Waals surface area contributed by atoms with E-state index >= 15 is 0 Å². The molecule has 3 rings (SSSR count). The Balaban J connectivity index is 1.47. The van der Waals surface area contributed by atoms with Gasteiger partial charge in [0.15, 0.2) is 0 Å². The maximum Gasteiger partial charge on any atom is 0.0678 e. The average Bonchev–Trinajstić information content (AvgIpc) is 2.93. The van der Waals surface area contributed by atoms with Crippen molar-refractivity contribution in [3.8, 4) is 0 Å². The van der Waals surface area contributed by atoms with Crippen LogP contribution >= 0.6 is 0 Å². The fourth-order valence-corrected chi connectivity index (χ4v) is 3.33. The second-order valence-corrected chi connectivity index (χ2v) is 6.89. The largest absolute Gasteiger partial charge is 0.373 e. The Hall–Kier alpha value is -1.69. The quantitative estimate of drug-likeness (QED) is 0.856. The summed E-state index contributed by atoms with van der Waals surface area (Å²) in [6.07, 6.45) is 2.53. The van der Waals surface area contributed by atoms with Crippen LogP contribution < -0.4 is 5.32 Å². The molecule has 1 aromatic carbocycles. The summed E-state index contributed by atoms with van der Waals surface area (Å²) in [5.41, 5.74) is 5.03. The van der Waals surface area contributed by atoms with E-state index in [-0.39, 0.29) is 0 Å². The molecule has 0 radical (unpaired) electrons. The average molecular weight is 328 g/mol. The van der Waals surface area contributed by atoms with Crippen LogP contribution in [-0.2, 0) is 24.4 Å². The van der Waals surface area contributed by atoms with Gasteiger partial charge in [0, 0.05) is 44.0 Å². The first kappa shape index (κ1) is 17.1. The summed E-state index contributed by atoms with van der Waals surface area (Å²) in [5, 5.41) is 10.5. The van der Waals surface area contributed by atoms with Crippen molar-refractivity contribution in [3.63, 3.8) is 0 Å². The third-order valence-electron chi connectivity index (χ3n) is 4.50. The summed E-state index contributed by atoms with van der Waals surface area (Å²) in [4.78, 5) is 2.48. The summed E-state index contributed by atoms with van der Waals surface area (Å²) >= 11 is 0. The van der Waals surface area contributed by atoms with Gasteiger partial charge in [0.1, 0.15) is 0 Å². The number of aromatic amines is 1. The van der Waals surface area contributed by atoms with E-state index in [0.29, 0.717) is 12.2 Å². The number of morpholine rings is 1. The molecule has 1 aromatic heterocycles. The van der Waals surface area contributed by atoms with E-state index in [1.165, 1.54) is 16.7 Å². The maximum atomic E-state index is 5.80. The lowest BCUT2D eigenvalue weighted by atomic mass is 10.1. The highest BCUT2D eigenvalue weighted by Gasteiger charge is 2.21. The molecule has 2 atom stereocenters. The topological polar surface area (TPSA) is 53.2 Å². The fraction of sp³-hybridized carbons (Fsp3) is 0.526. The van der Waals surface area contributed by atoms with Crippen LogP contribution in [0.2, 0.25) is 0 Å². The zero-order valence-electron chi connectivity index (χ0n) is 14.9. The standard InChI is InChI=1S/C19H28N4O/c1-14-11-23(12-15(2)24-14)13-18-6-4-17(5-7-18)8-20-9-19-10-21-22-16(19)3/h4-7,10,14-15,20H,8-9,11-13H2,1-3H3,(H,21,22). The van der Waals surface area contributed by atoms with Crippen LogP contribution in [0.3, 0.4) is 0 Å². The number of nitrogens with zero attached hydrogens (tertiary/aromatic N) is 2. The highest BCUT2D eigenvalue weighted by Crippen LogP contribution is 2.15. The summed E-state index contributed by atoms with van der Waals surface area (Å²) in [5.74, 6) is 0. The van der Waals surface area contributed by atoms with Crippen molar-refractivity contribution in [1.29, 1.82) is 0 Å². The SMILES string of the molecule is Cc1[nH]ncc1CNCc1ccc(CN2CC(C)OC(C)C2)cc1. The van der Waals surface area contributed by atoms with Crippen LogP contribution in [0.25, 0.3) is 0 Å². The minimum Gasteiger partial charge on any atom is -0.373 e. The van der Waals surface area contributed by atoms with Gasteiger partial charge in [-0.25, -0.2) is 0 Å². The lowest BCUT2D eigenvalue weighted by Gasteiger charge is -2.35. The summed E-state index contributed by atoms with van der Waals surface area (Å²) in [6.45, 7) is 11.1. The first-order valence-electron chi connectivity index (χ1n) is 8.75. The smallest absolute Gasteiger partial charge is 0.0678 e. The number of hydrogen-bond donors (Lipinski definition) is 2. The zero-order valence-corrected chi connectivity index (χ0v) is 14.9. The fourth-order valence-electron chi connectivity index (χ4n) is 3.33. The Morgan fingerprint density at radius 2 is 1.79 bits per heavy atom. The van der Waals surface area contributed by atoms with Crippen LogP contribution in [0.5, 0.6) is 0 Å². The summed E-state index contributed by atoms with van der Waals surface area (Å²) < 4.78 is 5.80. The van der Waals surface area contributed by atoms with Gasteiger partial charge in [-0.15, -0.1) is 0 Å². The highest BCUT2D eigenvalue weighted by molar-refractivity contribution is 5.23. The normalized spacial score (nSPS) is 22.0. The molecule has 2 N–H and O–H groups in total. The van der Waals surface area contributed by atoms with Gasteiger partial charge in [0.05, 0.1) is 18.4 Å². The number of aryl methyl sites for hydroxylation is 1. The predicted molar refractivity (Wildman–Crippen MR) is 95.6 cm³/mol. The van der Waals surface area contributed by atoms with Gasteiger partial charge in [-0.1, -0.05) is 24.3 Å². The molecule has 1 saturated heterocycles. The van der Waals surface area contributed by atoms with E-state index in [1.54, 1.807) is 0 Å². The van der Waals surface area contributed by atoms with Crippen LogP contribution in [0, 0.1) is 6.92 Å². The monoisotopic (exact) mass is 328 g/mol. The Morgan fingerprint density at radius 3 is 2.42 bits per heavy atom. The molecule has 5 heteroatoms. The van der Waals surface area contributed by atoms with E-state index < -0.39 is 0 Å². The Kier molecular flexibility index (Phi) is 5.66. The van der Waals surface area contributed by atoms with Gasteiger partial charge in [0.25, 0.3) is 0 Å². The number of nitrogens with one attached hydrogen (secondary N) is 2. The molecule has 24 heavy (non-hydrogen) atoms. The molecule has 0 aliphatic carbocycles. The van der Waals surface area contributed by atoms with Gasteiger partial charge in [-0.05, 0) is 31.9 Å². The highest BCUT2D eigenvalue weighted by atomic mass is 16.5. The van der Waals surface area contributed by atoms with Crippen molar-refractivity contribution in [2.45, 2.75) is 52.6 Å². The first-order chi connectivity index (χ1) is 11.6. The number of H-pyrrole nitrogens is 1. The van der Waals surface area contributed by atoms with E-state index in [9.17, 15) is 0 Å². The molecule has 130 valence electrons. The number of rotatable bonds is 6. The van der Waals surface area contributed by atoms with Crippen molar-refractivity contribution in [2.24, 2.45) is 0 Å². The van der Waals surface area contributed by atoms with Crippen molar-refractivity contribution in [1.82, 2.24) is 20.4 Å². The minimum atomic E-state index is 0.323. The van der Waals surface area contributed by atoms with E-state index in [0.717, 1.165) is 38.4 Å². The molecule has 2 unspecified atom stereocenters. The summed E-state index contributed by atoms with van der Waals surface area (Å²) in [6, 6.07) is 8.92. The molecule has 5 nitrogen and oxygen atoms in total. The summed E-state index contributed by atoms with van der Waals surface area (Å²) in [7, 11) is 0. The van der Waals surface area contributed by atoms with Crippen LogP contribution in [0.1, 0.15) is 36.2 Å². The van der Waals surface area contributed by atoms with Gasteiger partial charge >= 0.3 is 0 Å². The second-order valence-electron chi connectivity index (χ2n) is 6.89. The van der Waals surface area contributed by atoms with Gasteiger partial charge in [0.2, 0.25) is 0 Å². The Labute approximate surface area is 144 Å². The van der Waals surface area contributed by atoms with Crippen molar-refractivity contribution >= 4 is 0 Å². The van der Waals surface area contributed by atoms with Crippen LogP contribution in [0.4, 0.5) is 0 Å². The third-order valence-corrected chi connectivity index (χ3v) is 4.50. The minimum absolute atomic E-state index is 0.323. The third kappa shape index (κ3) is 4.66. The maximum absolute atomic E-state index is 5.80. The number of aromatic nitrogens is 2. The molecular weight excluding hydrogens is 300 g/mol. The molecule has 0 bridgehead atoms. The molecular formula is C19H28N4O. The number of benzene rings is 1. The number of ether oxygens (including phenoxy) is 1. The molecule has 0 amide bonds. The first-order valence-corrected chi connectivity index (χ1v) is 8.75. The van der Waals surface area contributed by atoms with Gasteiger partial charge in [-0.2, -0.15) is 5.10 Å². The molecule has 1 aliphatic rings. The lowest BCUT2D eigenvalue weighted by Crippen LogP contribution is -2.44. The molecule has 0 spiro atoms. The molecule has 0 saturated carbocycles. The van der Waals surface area contributed by atoms with Gasteiger partial charge < -0.3 is 10.1 Å². The molecule has 2 heterocycles. The predicted octanol–water partition coefficient (Wildman–Crippen LogP) is 2.62. The molecule has 1 aliphatic heterocycles. The number of hydrogen-bond acceptors (Lipinski definition) is 4. The molecule has 2 aromatic rings. The van der Waals surface area contributed by atoms with Crippen molar-refractivity contribution < 1.29 is 4.74 Å². The zero-order chi connectivity index (χ0) is 16.9. The second kappa shape index (κ2) is 7.92. The van der Waals surface area contributed by atoms with E-state index in [2.05, 4.69) is 58.5 Å². The van der Waals surface area contributed by atoms with E-state index in [1.807, 2.05) is 13.1 Å². The van der Waals surface area contributed by atoms with Gasteiger partial charge in [-0.3, -0.25) is 10.00 Å². The van der Waals surface area contributed by atoms with Crippen molar-refractivity contribution in [3.05, 3.63) is 52.8 Å². The van der Waals surface area contributed by atoms with Crippen LogP contribution in [-0.4, -0.2) is 40.4 Å². The Morgan fingerprint density at radius 1 is 1.12 bits per heavy atom. The lowest BCUT2D eigenvalue weighted by molar-refractivity contribution is -0.0704. The Bertz CT molecular complexity index is 627. The molecule has 1 fully saturated rings. The van der Waals surface area contributed by atoms with Crippen LogP contribution in [0.15, 0.2) is 30.5 Å². The van der Waals surface area contributed by atoms with E-state index in [4.69, 9.17) is 4.74 Å². The van der Waals surface area contributed by atoms with Crippen molar-refractivity contribution in [2.75, 3.05) is 13.1 Å².